The monoisotopic (exact) mass is 482 g/mol. The number of nitrogens with zero attached hydrogens (tertiary/aromatic N) is 2. The number of carbonyl (C=O) groups excluding carboxylic acids is 1. The average Bonchev–Trinajstić information content (AvgIpc) is 2.68. The molecule has 2 heterocycles. The number of halogens is 4. The number of nitrogens with one attached hydrogen (secondary N) is 2. The first-order valence-corrected chi connectivity index (χ1v) is 11.3. The smallest absolute Gasteiger partial charge is 0.418 e. The highest BCUT2D eigenvalue weighted by atomic mass is 32.2. The molecule has 0 radical (unpaired) electrons. The maximum atomic E-state index is 13.5. The molecule has 0 aliphatic carbocycles. The molecular weight excluding hydrogens is 464 g/mol. The molecule has 0 saturated heterocycles. The molecule has 33 heavy (non-hydrogen) atoms. The Hall–Kier alpha value is -3.54. The lowest BCUT2D eigenvalue weighted by atomic mass is 10.0. The van der Waals surface area contributed by atoms with E-state index in [9.17, 15) is 26.6 Å². The van der Waals surface area contributed by atoms with Gasteiger partial charge >= 0.3 is 6.18 Å². The van der Waals surface area contributed by atoms with Gasteiger partial charge in [-0.2, -0.15) is 17.6 Å². The minimum Gasteiger partial charge on any atom is -0.436 e. The molecule has 0 spiro atoms. The van der Waals surface area contributed by atoms with Crippen molar-refractivity contribution in [3.05, 3.63) is 70.9 Å². The molecule has 3 rings (SSSR count). The fourth-order valence-electron chi connectivity index (χ4n) is 2.95. The van der Waals surface area contributed by atoms with Gasteiger partial charge in [-0.05, 0) is 49.7 Å². The second kappa shape index (κ2) is 8.77. The number of anilines is 1. The number of alkyl halides is 3. The standard InChI is InChI=1S/C21H18F4N4O3S/c1-11-15(21(23,24)25)10-27-20(32-16-7-8-17(22)28-12(16)2)18(11)19(30)29-13-5-4-6-14(9-13)33(3,26)31/h4-10,26H,1-3H3,(H,29,30)/t33-/m0/s1. The molecule has 0 aliphatic rings. The van der Waals surface area contributed by atoms with E-state index in [1.54, 1.807) is 0 Å². The second-order valence-electron chi connectivity index (χ2n) is 7.12. The molecule has 0 saturated carbocycles. The van der Waals surface area contributed by atoms with E-state index in [-0.39, 0.29) is 22.0 Å². The summed E-state index contributed by atoms with van der Waals surface area (Å²) in [7, 11) is -3.09. The van der Waals surface area contributed by atoms with Gasteiger partial charge in [-0.15, -0.1) is 0 Å². The molecule has 0 fully saturated rings. The summed E-state index contributed by atoms with van der Waals surface area (Å²) in [6.07, 6.45) is -3.04. The van der Waals surface area contributed by atoms with Gasteiger partial charge in [-0.25, -0.2) is 19.0 Å². The molecule has 0 unspecified atom stereocenters. The van der Waals surface area contributed by atoms with Crippen LogP contribution in [0.25, 0.3) is 0 Å². The number of pyridine rings is 2. The first-order chi connectivity index (χ1) is 15.3. The fraction of sp³-hybridized carbons (Fsp3) is 0.190. The highest BCUT2D eigenvalue weighted by Gasteiger charge is 2.36. The summed E-state index contributed by atoms with van der Waals surface area (Å²) < 4.78 is 78.8. The molecule has 1 atom stereocenters. The van der Waals surface area contributed by atoms with Crippen molar-refractivity contribution >= 4 is 21.3 Å². The van der Waals surface area contributed by atoms with Crippen LogP contribution in [0.2, 0.25) is 0 Å². The molecule has 0 aliphatic heterocycles. The van der Waals surface area contributed by atoms with Crippen molar-refractivity contribution in [2.75, 3.05) is 11.6 Å². The van der Waals surface area contributed by atoms with Gasteiger partial charge in [0.1, 0.15) is 5.56 Å². The van der Waals surface area contributed by atoms with Crippen LogP contribution in [0.5, 0.6) is 11.6 Å². The Labute approximate surface area is 186 Å². The van der Waals surface area contributed by atoms with Crippen molar-refractivity contribution in [2.45, 2.75) is 24.9 Å². The third kappa shape index (κ3) is 5.45. The topological polar surface area (TPSA) is 105 Å². The van der Waals surface area contributed by atoms with Crippen LogP contribution >= 0.6 is 0 Å². The van der Waals surface area contributed by atoms with E-state index >= 15 is 0 Å². The van der Waals surface area contributed by atoms with Crippen LogP contribution in [0.1, 0.15) is 27.2 Å². The molecule has 1 aromatic carbocycles. The number of aryl methyl sites for hydroxylation is 1. The van der Waals surface area contributed by atoms with Gasteiger partial charge in [0.2, 0.25) is 11.8 Å². The number of ether oxygens (including phenoxy) is 1. The number of benzene rings is 1. The van der Waals surface area contributed by atoms with Gasteiger partial charge in [0, 0.05) is 23.0 Å². The lowest BCUT2D eigenvalue weighted by Gasteiger charge is -2.17. The van der Waals surface area contributed by atoms with Crippen molar-refractivity contribution in [1.82, 2.24) is 9.97 Å². The first-order valence-electron chi connectivity index (χ1n) is 9.30. The summed E-state index contributed by atoms with van der Waals surface area (Å²) in [5, 5.41) is 2.43. The average molecular weight is 482 g/mol. The van der Waals surface area contributed by atoms with E-state index < -0.39 is 50.3 Å². The SMILES string of the molecule is Cc1nc(F)ccc1Oc1ncc(C(F)(F)F)c(C)c1C(=O)Nc1cccc([S@@](C)(=N)=O)c1. The summed E-state index contributed by atoms with van der Waals surface area (Å²) in [5.74, 6) is -2.20. The minimum atomic E-state index is -4.78. The van der Waals surface area contributed by atoms with Crippen molar-refractivity contribution in [3.63, 3.8) is 0 Å². The van der Waals surface area contributed by atoms with Gasteiger partial charge < -0.3 is 10.1 Å². The Morgan fingerprint density at radius 3 is 2.48 bits per heavy atom. The Kier molecular flexibility index (Phi) is 6.41. The predicted octanol–water partition coefficient (Wildman–Crippen LogP) is 5.33. The summed E-state index contributed by atoms with van der Waals surface area (Å²) in [4.78, 5) is 20.4. The molecule has 2 N–H and O–H groups in total. The zero-order valence-corrected chi connectivity index (χ0v) is 18.4. The fourth-order valence-corrected chi connectivity index (χ4v) is 3.64. The quantitative estimate of drug-likeness (QED) is 0.378. The maximum absolute atomic E-state index is 13.5. The molecule has 1 amide bonds. The number of hydrogen-bond donors (Lipinski definition) is 2. The lowest BCUT2D eigenvalue weighted by Crippen LogP contribution is -2.19. The zero-order valence-electron chi connectivity index (χ0n) is 17.6. The molecule has 174 valence electrons. The summed E-state index contributed by atoms with van der Waals surface area (Å²) in [6.45, 7) is 2.52. The summed E-state index contributed by atoms with van der Waals surface area (Å²) in [6, 6.07) is 7.80. The summed E-state index contributed by atoms with van der Waals surface area (Å²) >= 11 is 0. The van der Waals surface area contributed by atoms with Crippen molar-refractivity contribution in [3.8, 4) is 11.6 Å². The first kappa shape index (κ1) is 24.1. The van der Waals surface area contributed by atoms with Crippen LogP contribution < -0.4 is 10.1 Å². The van der Waals surface area contributed by atoms with E-state index in [4.69, 9.17) is 9.52 Å². The highest BCUT2D eigenvalue weighted by Crippen LogP contribution is 2.37. The molecule has 2 aromatic heterocycles. The highest BCUT2D eigenvalue weighted by molar-refractivity contribution is 7.91. The van der Waals surface area contributed by atoms with Crippen LogP contribution in [-0.2, 0) is 15.9 Å². The van der Waals surface area contributed by atoms with Gasteiger partial charge in [-0.3, -0.25) is 4.79 Å². The van der Waals surface area contributed by atoms with Gasteiger partial charge in [-0.1, -0.05) is 6.07 Å². The van der Waals surface area contributed by atoms with Crippen LogP contribution in [0, 0.1) is 24.6 Å². The Bertz CT molecular complexity index is 1340. The molecular formula is C21H18F4N4O3S. The zero-order chi connectivity index (χ0) is 24.6. The molecule has 7 nitrogen and oxygen atoms in total. The normalized spacial score (nSPS) is 13.3. The van der Waals surface area contributed by atoms with Gasteiger partial charge in [0.05, 0.1) is 21.0 Å². The third-order valence-corrected chi connectivity index (χ3v) is 5.74. The van der Waals surface area contributed by atoms with Gasteiger partial charge in [0.25, 0.3) is 5.91 Å². The van der Waals surface area contributed by atoms with Crippen LogP contribution in [-0.4, -0.2) is 26.3 Å². The largest absolute Gasteiger partial charge is 0.436 e. The maximum Gasteiger partial charge on any atom is 0.418 e. The van der Waals surface area contributed by atoms with Crippen molar-refractivity contribution in [2.24, 2.45) is 0 Å². The molecule has 12 heteroatoms. The van der Waals surface area contributed by atoms with E-state index in [0.29, 0.717) is 6.20 Å². The summed E-state index contributed by atoms with van der Waals surface area (Å²) in [5.41, 5.74) is -1.86. The second-order valence-corrected chi connectivity index (χ2v) is 9.28. The van der Waals surface area contributed by atoms with E-state index in [2.05, 4.69) is 15.3 Å². The Balaban J connectivity index is 2.08. The number of hydrogen-bond acceptors (Lipinski definition) is 6. The van der Waals surface area contributed by atoms with Crippen LogP contribution in [0.15, 0.2) is 47.5 Å². The van der Waals surface area contributed by atoms with Crippen molar-refractivity contribution < 1.29 is 31.3 Å². The van der Waals surface area contributed by atoms with Gasteiger partial charge in [0.15, 0.2) is 5.75 Å². The van der Waals surface area contributed by atoms with Crippen LogP contribution in [0.4, 0.5) is 23.2 Å². The molecule has 0 bridgehead atoms. The van der Waals surface area contributed by atoms with Crippen LogP contribution in [0.3, 0.4) is 0 Å². The van der Waals surface area contributed by atoms with E-state index in [1.165, 1.54) is 43.5 Å². The Morgan fingerprint density at radius 1 is 1.18 bits per heavy atom. The Morgan fingerprint density at radius 2 is 1.88 bits per heavy atom. The third-order valence-electron chi connectivity index (χ3n) is 4.59. The van der Waals surface area contributed by atoms with Crippen molar-refractivity contribution in [1.29, 1.82) is 4.78 Å². The van der Waals surface area contributed by atoms with E-state index in [1.807, 2.05) is 0 Å². The number of carbonyl (C=O) groups is 1. The predicted molar refractivity (Wildman–Crippen MR) is 112 cm³/mol. The number of rotatable bonds is 5. The minimum absolute atomic E-state index is 0.000895. The lowest BCUT2D eigenvalue weighted by molar-refractivity contribution is -0.138. The van der Waals surface area contributed by atoms with E-state index in [0.717, 1.165) is 13.0 Å². The number of amides is 1. The number of aromatic nitrogens is 2. The molecule has 3 aromatic rings.